The van der Waals surface area contributed by atoms with Crippen LogP contribution in [0.3, 0.4) is 0 Å². The SMILES string of the molecule is CC(C)c1cccc(C(C)C)c1C(=O)NCC=C1C=CCC(=CCNC(=O)c2c(C(C)C)cccc2C(C)C)N1.[F-].[F-].[Zr+2]. The molecule has 2 aromatic rings. The van der Waals surface area contributed by atoms with Gasteiger partial charge >= 0.3 is 26.2 Å². The van der Waals surface area contributed by atoms with E-state index in [2.05, 4.69) is 102 Å². The number of nitrogens with one attached hydrogen (secondary N) is 3. The van der Waals surface area contributed by atoms with Crippen LogP contribution in [0.25, 0.3) is 0 Å². The van der Waals surface area contributed by atoms with Gasteiger partial charge in [0.15, 0.2) is 0 Å². The van der Waals surface area contributed by atoms with Gasteiger partial charge in [-0.1, -0.05) is 97.9 Å². The summed E-state index contributed by atoms with van der Waals surface area (Å²) in [4.78, 5) is 26.5. The Balaban J connectivity index is 0.00000588. The van der Waals surface area contributed by atoms with Crippen molar-refractivity contribution in [2.24, 2.45) is 0 Å². The van der Waals surface area contributed by atoms with Crippen LogP contribution in [0.4, 0.5) is 0 Å². The van der Waals surface area contributed by atoms with E-state index in [1.54, 1.807) is 0 Å². The maximum atomic E-state index is 13.2. The van der Waals surface area contributed by atoms with Crippen LogP contribution >= 0.6 is 0 Å². The average molecular weight is 671 g/mol. The van der Waals surface area contributed by atoms with E-state index >= 15 is 0 Å². The summed E-state index contributed by atoms with van der Waals surface area (Å²) >= 11 is 0. The topological polar surface area (TPSA) is 70.2 Å². The van der Waals surface area contributed by atoms with Gasteiger partial charge < -0.3 is 25.4 Å². The molecule has 1 heterocycles. The van der Waals surface area contributed by atoms with Crippen molar-refractivity contribution < 1.29 is 45.2 Å². The summed E-state index contributed by atoms with van der Waals surface area (Å²) < 4.78 is 0. The van der Waals surface area contributed by atoms with E-state index in [1.165, 1.54) is 0 Å². The number of carbonyl (C=O) groups excluding carboxylic acids is 2. The first-order chi connectivity index (χ1) is 19.0. The van der Waals surface area contributed by atoms with Crippen molar-refractivity contribution in [1.29, 1.82) is 0 Å². The third kappa shape index (κ3) is 10.7. The van der Waals surface area contributed by atoms with E-state index in [1.807, 2.05) is 30.4 Å². The molecule has 1 aliphatic rings. The van der Waals surface area contributed by atoms with Crippen LogP contribution in [0.1, 0.15) is 128 Å². The molecule has 0 spiro atoms. The van der Waals surface area contributed by atoms with Crippen LogP contribution in [0, 0.1) is 0 Å². The van der Waals surface area contributed by atoms with Gasteiger partial charge in [-0.05, 0) is 64.2 Å². The predicted molar refractivity (Wildman–Crippen MR) is 167 cm³/mol. The quantitative estimate of drug-likeness (QED) is 0.361. The fraction of sp³-hybridized carbons (Fsp3) is 0.429. The van der Waals surface area contributed by atoms with Crippen LogP contribution in [-0.4, -0.2) is 24.9 Å². The van der Waals surface area contributed by atoms with Crippen molar-refractivity contribution in [2.45, 2.75) is 85.5 Å². The van der Waals surface area contributed by atoms with Crippen LogP contribution in [0.5, 0.6) is 0 Å². The molecule has 0 aromatic heterocycles. The van der Waals surface area contributed by atoms with Crippen molar-refractivity contribution in [3.05, 3.63) is 105 Å². The molecule has 8 heteroatoms. The Morgan fingerprint density at radius 2 is 1.07 bits per heavy atom. The number of allylic oxidation sites excluding steroid dienone is 2. The first-order valence-electron chi connectivity index (χ1n) is 14.7. The maximum Gasteiger partial charge on any atom is 2.00 e. The third-order valence-electron chi connectivity index (χ3n) is 7.34. The summed E-state index contributed by atoms with van der Waals surface area (Å²) in [5.41, 5.74) is 7.88. The molecule has 0 saturated heterocycles. The Bertz CT molecular complexity index is 1260. The van der Waals surface area contributed by atoms with Crippen LogP contribution in [-0.2, 0) is 26.2 Å². The Morgan fingerprint density at radius 3 is 1.44 bits per heavy atom. The van der Waals surface area contributed by atoms with Gasteiger partial charge in [-0.2, -0.15) is 0 Å². The number of amides is 2. The molecular formula is C35H47F2N3O2Zr. The maximum absolute atomic E-state index is 13.2. The van der Waals surface area contributed by atoms with Crippen LogP contribution in [0.15, 0.2) is 72.1 Å². The number of halogens is 2. The minimum absolute atomic E-state index is 0. The third-order valence-corrected chi connectivity index (χ3v) is 7.34. The Morgan fingerprint density at radius 1 is 0.698 bits per heavy atom. The van der Waals surface area contributed by atoms with E-state index in [4.69, 9.17) is 0 Å². The summed E-state index contributed by atoms with van der Waals surface area (Å²) in [6, 6.07) is 12.3. The van der Waals surface area contributed by atoms with E-state index in [-0.39, 0.29) is 71.1 Å². The smallest absolute Gasteiger partial charge is 1.00 e. The summed E-state index contributed by atoms with van der Waals surface area (Å²) in [6.45, 7) is 17.8. The number of benzene rings is 2. The van der Waals surface area contributed by atoms with Crippen molar-refractivity contribution in [1.82, 2.24) is 16.0 Å². The van der Waals surface area contributed by atoms with Crippen molar-refractivity contribution >= 4 is 11.8 Å². The molecule has 0 aliphatic carbocycles. The first-order valence-corrected chi connectivity index (χ1v) is 14.7. The number of rotatable bonds is 10. The standard InChI is InChI=1S/C35H47N3O2.2FH.Zr/c1-22(2)28-14-10-15-29(23(3)4)32(28)34(39)36-20-18-26-12-9-13-27(38-26)19-21-37-35(40)33-30(24(5)6)16-11-17-31(33)25(7)8;;;/h9-12,14-19,22-25,38H,13,20-21H2,1-8H3,(H,36,39)(H,37,40);2*1H;/q;;;+2/p-2. The van der Waals surface area contributed by atoms with Crippen molar-refractivity contribution in [3.8, 4) is 0 Å². The number of hydrogen-bond donors (Lipinski definition) is 3. The minimum Gasteiger partial charge on any atom is -1.00 e. The molecule has 0 saturated carbocycles. The second-order valence-corrected chi connectivity index (χ2v) is 11.8. The molecule has 0 bridgehead atoms. The molecule has 2 amide bonds. The second-order valence-electron chi connectivity index (χ2n) is 11.8. The van der Waals surface area contributed by atoms with Gasteiger partial charge in [0.05, 0.1) is 0 Å². The molecule has 3 N–H and O–H groups in total. The van der Waals surface area contributed by atoms with Gasteiger partial charge in [-0.3, -0.25) is 9.59 Å². The fourth-order valence-electron chi connectivity index (χ4n) is 5.17. The summed E-state index contributed by atoms with van der Waals surface area (Å²) in [5, 5.41) is 9.62. The van der Waals surface area contributed by atoms with Crippen LogP contribution < -0.4 is 25.4 Å². The Kier molecular flexibility index (Phi) is 17.5. The normalized spacial score (nSPS) is 14.3. The zero-order chi connectivity index (χ0) is 29.4. The monoisotopic (exact) mass is 669 g/mol. The molecule has 1 aliphatic heterocycles. The van der Waals surface area contributed by atoms with Gasteiger partial charge in [0.2, 0.25) is 0 Å². The van der Waals surface area contributed by atoms with E-state index in [0.717, 1.165) is 51.2 Å². The van der Waals surface area contributed by atoms with Crippen LogP contribution in [0.2, 0.25) is 0 Å². The first kappa shape index (κ1) is 40.1. The van der Waals surface area contributed by atoms with E-state index in [9.17, 15) is 9.59 Å². The van der Waals surface area contributed by atoms with Gasteiger partial charge in [-0.25, -0.2) is 0 Å². The van der Waals surface area contributed by atoms with Gasteiger partial charge in [0, 0.05) is 42.0 Å². The fourth-order valence-corrected chi connectivity index (χ4v) is 5.17. The molecule has 43 heavy (non-hydrogen) atoms. The number of hydrogen-bond acceptors (Lipinski definition) is 3. The Labute approximate surface area is 275 Å². The van der Waals surface area contributed by atoms with Crippen molar-refractivity contribution in [2.75, 3.05) is 13.1 Å². The zero-order valence-corrected chi connectivity index (χ0v) is 29.2. The van der Waals surface area contributed by atoms with Gasteiger partial charge in [-0.15, -0.1) is 0 Å². The molecule has 0 radical (unpaired) electrons. The average Bonchev–Trinajstić information content (AvgIpc) is 2.92. The molecule has 0 atom stereocenters. The molecule has 5 nitrogen and oxygen atoms in total. The predicted octanol–water partition coefficient (Wildman–Crippen LogP) is 1.66. The molecule has 232 valence electrons. The van der Waals surface area contributed by atoms with E-state index < -0.39 is 0 Å². The minimum atomic E-state index is -0.0365. The van der Waals surface area contributed by atoms with E-state index in [0.29, 0.717) is 13.1 Å². The second kappa shape index (κ2) is 18.7. The molecule has 2 aromatic carbocycles. The zero-order valence-electron chi connectivity index (χ0n) is 26.8. The number of carbonyl (C=O) groups is 2. The molecule has 0 fully saturated rings. The van der Waals surface area contributed by atoms with Gasteiger partial charge in [0.1, 0.15) is 0 Å². The molecule has 0 unspecified atom stereocenters. The largest absolute Gasteiger partial charge is 2.00 e. The summed E-state index contributed by atoms with van der Waals surface area (Å²) in [7, 11) is 0. The van der Waals surface area contributed by atoms with Crippen molar-refractivity contribution in [3.63, 3.8) is 0 Å². The summed E-state index contributed by atoms with van der Waals surface area (Å²) in [5.74, 6) is 1.01. The molecule has 3 rings (SSSR count). The molecular weight excluding hydrogens is 624 g/mol. The van der Waals surface area contributed by atoms with Gasteiger partial charge in [0.25, 0.3) is 11.8 Å². The Hall–Kier alpha value is -2.86. The summed E-state index contributed by atoms with van der Waals surface area (Å²) in [6.07, 6.45) is 8.89.